The van der Waals surface area contributed by atoms with Crippen molar-refractivity contribution in [2.75, 3.05) is 6.54 Å². The molecule has 1 heterocycles. The molecular formula is C11H13N3O2. The fourth-order valence-electron chi connectivity index (χ4n) is 1.69. The first kappa shape index (κ1) is 10.4. The number of fused-ring (bicyclic) bond motifs is 1. The van der Waals surface area contributed by atoms with Gasteiger partial charge in [-0.3, -0.25) is 0 Å². The number of phenolic OH excluding ortho intramolecular Hbond substituents is 1. The molecule has 0 radical (unpaired) electrons. The summed E-state index contributed by atoms with van der Waals surface area (Å²) in [6.07, 6.45) is 2.54. The Balaban J connectivity index is 2.17. The SMILES string of the molecule is NC(=O)NCCc1c[nH]c2ccc(O)cc12. The molecular weight excluding hydrogens is 206 g/mol. The van der Waals surface area contributed by atoms with E-state index in [-0.39, 0.29) is 5.75 Å². The number of hydrogen-bond acceptors (Lipinski definition) is 2. The lowest BCUT2D eigenvalue weighted by molar-refractivity contribution is 0.249. The summed E-state index contributed by atoms with van der Waals surface area (Å²) in [6.45, 7) is 0.484. The second-order valence-electron chi connectivity index (χ2n) is 3.58. The Morgan fingerprint density at radius 1 is 1.50 bits per heavy atom. The maximum absolute atomic E-state index is 10.5. The van der Waals surface area contributed by atoms with Crippen molar-refractivity contribution in [3.8, 4) is 5.75 Å². The van der Waals surface area contributed by atoms with Crippen LogP contribution in [0.25, 0.3) is 10.9 Å². The Morgan fingerprint density at radius 2 is 2.31 bits per heavy atom. The molecule has 2 amide bonds. The van der Waals surface area contributed by atoms with E-state index in [9.17, 15) is 9.90 Å². The molecule has 5 heteroatoms. The number of aromatic hydroxyl groups is 1. The highest BCUT2D eigenvalue weighted by Gasteiger charge is 2.04. The normalized spacial score (nSPS) is 10.5. The van der Waals surface area contributed by atoms with Crippen LogP contribution in [0.5, 0.6) is 5.75 Å². The molecule has 0 aliphatic carbocycles. The zero-order chi connectivity index (χ0) is 11.5. The Bertz CT molecular complexity index is 519. The van der Waals surface area contributed by atoms with E-state index in [0.29, 0.717) is 13.0 Å². The first-order valence-corrected chi connectivity index (χ1v) is 4.99. The van der Waals surface area contributed by atoms with Gasteiger partial charge in [-0.25, -0.2) is 4.79 Å². The lowest BCUT2D eigenvalue weighted by Crippen LogP contribution is -2.30. The van der Waals surface area contributed by atoms with Gasteiger partial charge in [0.05, 0.1) is 0 Å². The largest absolute Gasteiger partial charge is 0.508 e. The quantitative estimate of drug-likeness (QED) is 0.622. The summed E-state index contributed by atoms with van der Waals surface area (Å²) in [5.41, 5.74) is 6.98. The van der Waals surface area contributed by atoms with Crippen molar-refractivity contribution in [2.24, 2.45) is 5.73 Å². The van der Waals surface area contributed by atoms with Crippen molar-refractivity contribution in [3.63, 3.8) is 0 Å². The average Bonchev–Trinajstić information content (AvgIpc) is 2.60. The van der Waals surface area contributed by atoms with Gasteiger partial charge in [0.15, 0.2) is 0 Å². The minimum Gasteiger partial charge on any atom is -0.508 e. The summed E-state index contributed by atoms with van der Waals surface area (Å²) in [5, 5.41) is 12.9. The Kier molecular flexibility index (Phi) is 2.68. The van der Waals surface area contributed by atoms with Gasteiger partial charge in [-0.05, 0) is 30.2 Å². The number of carbonyl (C=O) groups is 1. The van der Waals surface area contributed by atoms with Gasteiger partial charge in [-0.1, -0.05) is 0 Å². The lowest BCUT2D eigenvalue weighted by atomic mass is 10.1. The number of aromatic amines is 1. The molecule has 0 spiro atoms. The molecule has 2 aromatic rings. The van der Waals surface area contributed by atoms with Crippen LogP contribution in [0, 0.1) is 0 Å². The monoisotopic (exact) mass is 219 g/mol. The van der Waals surface area contributed by atoms with E-state index in [2.05, 4.69) is 10.3 Å². The predicted molar refractivity (Wildman–Crippen MR) is 61.3 cm³/mol. The number of aromatic nitrogens is 1. The zero-order valence-electron chi connectivity index (χ0n) is 8.66. The van der Waals surface area contributed by atoms with Crippen LogP contribution in [0.1, 0.15) is 5.56 Å². The van der Waals surface area contributed by atoms with E-state index in [4.69, 9.17) is 5.73 Å². The van der Waals surface area contributed by atoms with Gasteiger partial charge in [-0.15, -0.1) is 0 Å². The van der Waals surface area contributed by atoms with Crippen LogP contribution in [-0.2, 0) is 6.42 Å². The van der Waals surface area contributed by atoms with E-state index in [0.717, 1.165) is 16.5 Å². The molecule has 0 unspecified atom stereocenters. The molecule has 84 valence electrons. The molecule has 2 rings (SSSR count). The zero-order valence-corrected chi connectivity index (χ0v) is 8.66. The van der Waals surface area contributed by atoms with Crippen LogP contribution < -0.4 is 11.1 Å². The maximum atomic E-state index is 10.5. The summed E-state index contributed by atoms with van der Waals surface area (Å²) >= 11 is 0. The highest BCUT2D eigenvalue weighted by atomic mass is 16.3. The molecule has 0 aliphatic rings. The smallest absolute Gasteiger partial charge is 0.312 e. The summed E-state index contributed by atoms with van der Waals surface area (Å²) < 4.78 is 0. The fraction of sp³-hybridized carbons (Fsp3) is 0.182. The van der Waals surface area contributed by atoms with Gasteiger partial charge in [0.25, 0.3) is 0 Å². The minimum absolute atomic E-state index is 0.233. The van der Waals surface area contributed by atoms with Crippen molar-refractivity contribution in [2.45, 2.75) is 6.42 Å². The van der Waals surface area contributed by atoms with E-state index in [1.54, 1.807) is 12.1 Å². The molecule has 16 heavy (non-hydrogen) atoms. The number of phenols is 1. The van der Waals surface area contributed by atoms with Gasteiger partial charge in [-0.2, -0.15) is 0 Å². The molecule has 0 aliphatic heterocycles. The van der Waals surface area contributed by atoms with Crippen LogP contribution in [0.3, 0.4) is 0 Å². The molecule has 0 saturated heterocycles. The number of carbonyl (C=O) groups excluding carboxylic acids is 1. The predicted octanol–water partition coefficient (Wildman–Crippen LogP) is 1.08. The van der Waals surface area contributed by atoms with E-state index < -0.39 is 6.03 Å². The molecule has 0 saturated carbocycles. The number of hydrogen-bond donors (Lipinski definition) is 4. The fourth-order valence-corrected chi connectivity index (χ4v) is 1.69. The van der Waals surface area contributed by atoms with E-state index in [1.807, 2.05) is 12.3 Å². The number of benzene rings is 1. The molecule has 0 fully saturated rings. The molecule has 1 aromatic heterocycles. The van der Waals surface area contributed by atoms with Gasteiger partial charge >= 0.3 is 6.03 Å². The van der Waals surface area contributed by atoms with Crippen molar-refractivity contribution in [1.29, 1.82) is 0 Å². The number of amides is 2. The van der Waals surface area contributed by atoms with Crippen LogP contribution in [0.15, 0.2) is 24.4 Å². The number of urea groups is 1. The van der Waals surface area contributed by atoms with Crippen LogP contribution >= 0.6 is 0 Å². The van der Waals surface area contributed by atoms with Crippen molar-refractivity contribution in [1.82, 2.24) is 10.3 Å². The average molecular weight is 219 g/mol. The highest BCUT2D eigenvalue weighted by molar-refractivity contribution is 5.84. The van der Waals surface area contributed by atoms with Gasteiger partial charge in [0.2, 0.25) is 0 Å². The molecule has 5 nitrogen and oxygen atoms in total. The van der Waals surface area contributed by atoms with Crippen molar-refractivity contribution in [3.05, 3.63) is 30.0 Å². The van der Waals surface area contributed by atoms with Crippen molar-refractivity contribution >= 4 is 16.9 Å². The second kappa shape index (κ2) is 4.14. The standard InChI is InChI=1S/C11H13N3O2/c12-11(16)13-4-3-7-6-14-10-2-1-8(15)5-9(7)10/h1-2,5-6,14-15H,3-4H2,(H3,12,13,16). The third kappa shape index (κ3) is 2.08. The van der Waals surface area contributed by atoms with Gasteiger partial charge in [0, 0.05) is 23.6 Å². The Hall–Kier alpha value is -2.17. The number of nitrogens with two attached hydrogens (primary N) is 1. The Morgan fingerprint density at radius 3 is 3.06 bits per heavy atom. The third-order valence-electron chi connectivity index (χ3n) is 2.44. The molecule has 0 atom stereocenters. The first-order valence-electron chi connectivity index (χ1n) is 4.99. The number of primary amides is 1. The second-order valence-corrected chi connectivity index (χ2v) is 3.58. The topological polar surface area (TPSA) is 91.1 Å². The summed E-state index contributed by atoms with van der Waals surface area (Å²) in [7, 11) is 0. The lowest BCUT2D eigenvalue weighted by Gasteiger charge is -2.01. The maximum Gasteiger partial charge on any atom is 0.312 e. The van der Waals surface area contributed by atoms with Crippen LogP contribution in [0.2, 0.25) is 0 Å². The van der Waals surface area contributed by atoms with Gasteiger partial charge in [0.1, 0.15) is 5.75 Å². The first-order chi connectivity index (χ1) is 7.66. The summed E-state index contributed by atoms with van der Waals surface area (Å²) in [4.78, 5) is 13.6. The highest BCUT2D eigenvalue weighted by Crippen LogP contribution is 2.22. The number of H-pyrrole nitrogens is 1. The van der Waals surface area contributed by atoms with Crippen LogP contribution in [-0.4, -0.2) is 22.7 Å². The molecule has 0 bridgehead atoms. The van der Waals surface area contributed by atoms with Gasteiger partial charge < -0.3 is 21.1 Å². The van der Waals surface area contributed by atoms with E-state index in [1.165, 1.54) is 0 Å². The third-order valence-corrected chi connectivity index (χ3v) is 2.44. The van der Waals surface area contributed by atoms with E-state index >= 15 is 0 Å². The number of rotatable bonds is 3. The molecule has 1 aromatic carbocycles. The minimum atomic E-state index is -0.525. The summed E-state index contributed by atoms with van der Waals surface area (Å²) in [6, 6.07) is 4.62. The molecule has 5 N–H and O–H groups in total. The van der Waals surface area contributed by atoms with Crippen LogP contribution in [0.4, 0.5) is 4.79 Å². The Labute approximate surface area is 92.3 Å². The summed E-state index contributed by atoms with van der Waals surface area (Å²) in [5.74, 6) is 0.233. The number of nitrogens with one attached hydrogen (secondary N) is 2. The van der Waals surface area contributed by atoms with Crippen molar-refractivity contribution < 1.29 is 9.90 Å².